The van der Waals surface area contributed by atoms with Crippen molar-refractivity contribution in [1.29, 1.82) is 0 Å². The lowest BCUT2D eigenvalue weighted by Gasteiger charge is -2.07. The minimum atomic E-state index is -0.306. The average molecular weight is 456 g/mol. The van der Waals surface area contributed by atoms with Gasteiger partial charge in [0.05, 0.1) is 12.9 Å². The zero-order valence-electron chi connectivity index (χ0n) is 16.5. The minimum absolute atomic E-state index is 0.149. The van der Waals surface area contributed by atoms with Gasteiger partial charge in [-0.3, -0.25) is 18.6 Å². The van der Waals surface area contributed by atoms with E-state index in [1.165, 1.54) is 16.3 Å². The van der Waals surface area contributed by atoms with E-state index in [-0.39, 0.29) is 22.9 Å². The first-order valence-electron chi connectivity index (χ1n) is 9.30. The van der Waals surface area contributed by atoms with Gasteiger partial charge in [0.15, 0.2) is 5.16 Å². The number of ether oxygens (including phenoxy) is 1. The van der Waals surface area contributed by atoms with Crippen molar-refractivity contribution in [3.8, 4) is 11.4 Å². The highest BCUT2D eigenvalue weighted by Crippen LogP contribution is 2.17. The Morgan fingerprint density at radius 1 is 1.10 bits per heavy atom. The van der Waals surface area contributed by atoms with Crippen molar-refractivity contribution in [2.24, 2.45) is 0 Å². The quantitative estimate of drug-likeness (QED) is 0.431. The molecule has 10 heteroatoms. The molecule has 2 heterocycles. The molecule has 2 aromatic heterocycles. The van der Waals surface area contributed by atoms with Gasteiger partial charge < -0.3 is 10.1 Å². The van der Waals surface area contributed by atoms with Gasteiger partial charge >= 0.3 is 5.56 Å². The molecule has 0 spiro atoms. The number of nitrogens with one attached hydrogen (secondary N) is 1. The van der Waals surface area contributed by atoms with E-state index in [0.717, 1.165) is 5.56 Å². The first kappa shape index (κ1) is 21.0. The lowest BCUT2D eigenvalue weighted by atomic mass is 10.2. The van der Waals surface area contributed by atoms with Crippen molar-refractivity contribution in [3.63, 3.8) is 0 Å². The number of halogens is 1. The van der Waals surface area contributed by atoms with E-state index in [4.69, 9.17) is 16.3 Å². The highest BCUT2D eigenvalue weighted by atomic mass is 35.5. The molecule has 0 atom stereocenters. The maximum Gasteiger partial charge on any atom is 0.300 e. The monoisotopic (exact) mass is 455 g/mol. The van der Waals surface area contributed by atoms with Crippen LogP contribution in [0.2, 0.25) is 5.02 Å². The Balaban J connectivity index is 1.44. The van der Waals surface area contributed by atoms with Crippen LogP contribution in [0.5, 0.6) is 5.75 Å². The molecule has 0 fully saturated rings. The first-order valence-corrected chi connectivity index (χ1v) is 10.7. The molecule has 0 aliphatic heterocycles. The topological polar surface area (TPSA) is 90.5 Å². The van der Waals surface area contributed by atoms with E-state index >= 15 is 0 Å². The van der Waals surface area contributed by atoms with Crippen molar-refractivity contribution in [2.75, 3.05) is 12.9 Å². The second-order valence-electron chi connectivity index (χ2n) is 6.54. The SMILES string of the molecule is COc1ccc(-n2ccn3c(SCC(=O)NCc4ccc(Cl)cc4)nnc3c2=O)cc1. The molecule has 0 aliphatic carbocycles. The van der Waals surface area contributed by atoms with E-state index in [1.54, 1.807) is 60.3 Å². The van der Waals surface area contributed by atoms with Crippen LogP contribution in [0.4, 0.5) is 0 Å². The van der Waals surface area contributed by atoms with Crippen molar-refractivity contribution in [2.45, 2.75) is 11.7 Å². The van der Waals surface area contributed by atoms with E-state index in [2.05, 4.69) is 15.5 Å². The van der Waals surface area contributed by atoms with Crippen molar-refractivity contribution >= 4 is 34.9 Å². The summed E-state index contributed by atoms with van der Waals surface area (Å²) in [6.45, 7) is 0.406. The fraction of sp³-hybridized carbons (Fsp3) is 0.143. The molecule has 158 valence electrons. The molecule has 0 bridgehead atoms. The van der Waals surface area contributed by atoms with Crippen LogP contribution in [-0.4, -0.2) is 37.9 Å². The maximum atomic E-state index is 12.8. The molecule has 0 radical (unpaired) electrons. The summed E-state index contributed by atoms with van der Waals surface area (Å²) in [5.74, 6) is 0.701. The molecule has 0 unspecified atom stereocenters. The number of fused-ring (bicyclic) bond motifs is 1. The third-order valence-corrected chi connectivity index (χ3v) is 5.72. The van der Waals surface area contributed by atoms with Gasteiger partial charge in [-0.05, 0) is 42.0 Å². The van der Waals surface area contributed by atoms with Gasteiger partial charge in [0.2, 0.25) is 11.6 Å². The smallest absolute Gasteiger partial charge is 0.300 e. The number of hydrogen-bond acceptors (Lipinski definition) is 6. The number of thioether (sulfide) groups is 1. The number of hydrogen-bond donors (Lipinski definition) is 1. The summed E-state index contributed by atoms with van der Waals surface area (Å²) in [5, 5.41) is 12.0. The fourth-order valence-corrected chi connectivity index (χ4v) is 3.77. The third kappa shape index (κ3) is 4.73. The predicted molar refractivity (Wildman–Crippen MR) is 119 cm³/mol. The van der Waals surface area contributed by atoms with E-state index in [0.29, 0.717) is 28.2 Å². The number of rotatable bonds is 7. The van der Waals surface area contributed by atoms with Gasteiger partial charge in [0.1, 0.15) is 5.75 Å². The van der Waals surface area contributed by atoms with Crippen LogP contribution in [0.15, 0.2) is 70.9 Å². The molecule has 0 aliphatic rings. The van der Waals surface area contributed by atoms with E-state index in [9.17, 15) is 9.59 Å². The number of carbonyl (C=O) groups excluding carboxylic acids is 1. The van der Waals surface area contributed by atoms with E-state index < -0.39 is 0 Å². The molecule has 0 saturated carbocycles. The van der Waals surface area contributed by atoms with Crippen molar-refractivity contribution < 1.29 is 9.53 Å². The largest absolute Gasteiger partial charge is 0.497 e. The summed E-state index contributed by atoms with van der Waals surface area (Å²) >= 11 is 7.07. The lowest BCUT2D eigenvalue weighted by Crippen LogP contribution is -2.24. The summed E-state index contributed by atoms with van der Waals surface area (Å²) in [6, 6.07) is 14.4. The van der Waals surface area contributed by atoms with E-state index in [1.807, 2.05) is 12.1 Å². The Bertz CT molecular complexity index is 1270. The zero-order valence-corrected chi connectivity index (χ0v) is 18.1. The van der Waals surface area contributed by atoms with Crippen LogP contribution < -0.4 is 15.6 Å². The molecular weight excluding hydrogens is 438 g/mol. The average Bonchev–Trinajstić information content (AvgIpc) is 3.21. The van der Waals surface area contributed by atoms with Gasteiger partial charge in [-0.25, -0.2) is 0 Å². The summed E-state index contributed by atoms with van der Waals surface area (Å²) in [5.41, 5.74) is 1.52. The zero-order chi connectivity index (χ0) is 21.8. The standard InChI is InChI=1S/C21H18ClN5O3S/c1-30-17-8-6-16(7-9-17)26-10-11-27-19(20(26)29)24-25-21(27)31-13-18(28)23-12-14-2-4-15(22)5-3-14/h2-11H,12-13H2,1H3,(H,23,28). The summed E-state index contributed by atoms with van der Waals surface area (Å²) < 4.78 is 8.21. The Labute approximate surface area is 186 Å². The second kappa shape index (κ2) is 9.23. The normalized spacial score (nSPS) is 10.9. The molecule has 2 aromatic carbocycles. The number of benzene rings is 2. The van der Waals surface area contributed by atoms with Gasteiger partial charge in [-0.2, -0.15) is 0 Å². The maximum absolute atomic E-state index is 12.8. The molecule has 4 aromatic rings. The van der Waals surface area contributed by atoms with Gasteiger partial charge in [-0.15, -0.1) is 10.2 Å². The number of aromatic nitrogens is 4. The van der Waals surface area contributed by atoms with Gasteiger partial charge in [0, 0.05) is 29.6 Å². The Hall–Kier alpha value is -3.30. The summed E-state index contributed by atoms with van der Waals surface area (Å²) in [6.07, 6.45) is 3.35. The van der Waals surface area contributed by atoms with Crippen molar-refractivity contribution in [1.82, 2.24) is 24.5 Å². The second-order valence-corrected chi connectivity index (χ2v) is 7.92. The van der Waals surface area contributed by atoms with Gasteiger partial charge in [0.25, 0.3) is 0 Å². The van der Waals surface area contributed by atoms with Crippen LogP contribution in [0.1, 0.15) is 5.56 Å². The van der Waals surface area contributed by atoms with Crippen LogP contribution >= 0.6 is 23.4 Å². The molecule has 1 amide bonds. The summed E-state index contributed by atoms with van der Waals surface area (Å²) in [4.78, 5) is 25.0. The summed E-state index contributed by atoms with van der Waals surface area (Å²) in [7, 11) is 1.58. The molecule has 1 N–H and O–H groups in total. The Morgan fingerprint density at radius 2 is 1.84 bits per heavy atom. The fourth-order valence-electron chi connectivity index (χ4n) is 2.89. The van der Waals surface area contributed by atoms with Crippen LogP contribution in [0.25, 0.3) is 11.3 Å². The molecule has 8 nitrogen and oxygen atoms in total. The molecule has 31 heavy (non-hydrogen) atoms. The Kier molecular flexibility index (Phi) is 6.24. The van der Waals surface area contributed by atoms with Crippen LogP contribution in [0.3, 0.4) is 0 Å². The molecular formula is C21H18ClN5O3S. The van der Waals surface area contributed by atoms with Crippen LogP contribution in [0, 0.1) is 0 Å². The highest BCUT2D eigenvalue weighted by molar-refractivity contribution is 7.99. The number of carbonyl (C=O) groups is 1. The van der Waals surface area contributed by atoms with Gasteiger partial charge in [-0.1, -0.05) is 35.5 Å². The molecule has 0 saturated heterocycles. The minimum Gasteiger partial charge on any atom is -0.497 e. The van der Waals surface area contributed by atoms with Crippen LogP contribution in [-0.2, 0) is 11.3 Å². The predicted octanol–water partition coefficient (Wildman–Crippen LogP) is 2.95. The number of nitrogens with zero attached hydrogens (tertiary/aromatic N) is 4. The highest BCUT2D eigenvalue weighted by Gasteiger charge is 2.13. The third-order valence-electron chi connectivity index (χ3n) is 4.53. The Morgan fingerprint density at radius 3 is 2.55 bits per heavy atom. The number of amides is 1. The number of methoxy groups -OCH3 is 1. The van der Waals surface area contributed by atoms with Crippen molar-refractivity contribution in [3.05, 3.63) is 81.9 Å². The molecule has 4 rings (SSSR count). The first-order chi connectivity index (χ1) is 15.0. The lowest BCUT2D eigenvalue weighted by molar-refractivity contribution is -0.118.